The third-order valence-electron chi connectivity index (χ3n) is 5.60. The van der Waals surface area contributed by atoms with Crippen LogP contribution in [0.4, 0.5) is 21.0 Å². The van der Waals surface area contributed by atoms with E-state index in [1.807, 2.05) is 37.3 Å². The number of amides is 2. The molecule has 0 aliphatic carbocycles. The topological polar surface area (TPSA) is 123 Å². The number of carbonyl (C=O) groups is 2. The van der Waals surface area contributed by atoms with Crippen LogP contribution in [0.15, 0.2) is 54.6 Å². The Morgan fingerprint density at radius 3 is 2.44 bits per heavy atom. The second-order valence-corrected chi connectivity index (χ2v) is 8.35. The number of hydrogen-bond acceptors (Lipinski definition) is 7. The summed E-state index contributed by atoms with van der Waals surface area (Å²) in [6.45, 7) is 4.77. The van der Waals surface area contributed by atoms with Gasteiger partial charge in [-0.15, -0.1) is 0 Å². The average molecular weight is 471 g/mol. The first-order chi connectivity index (χ1) is 16.4. The van der Waals surface area contributed by atoms with Crippen LogP contribution < -0.4 is 10.6 Å². The van der Waals surface area contributed by atoms with Crippen LogP contribution in [-0.2, 0) is 16.1 Å². The van der Waals surface area contributed by atoms with Gasteiger partial charge < -0.3 is 19.7 Å². The summed E-state index contributed by atoms with van der Waals surface area (Å²) in [5, 5.41) is 16.3. The molecule has 1 unspecified atom stereocenters. The normalized spacial score (nSPS) is 15.2. The van der Waals surface area contributed by atoms with Gasteiger partial charge in [0.25, 0.3) is 5.69 Å². The standard InChI is InChI=1S/C24H30N4O6/c1-18(25-23(29)33-16-19-7-3-2-4-8-19)15-27-13-11-20(12-14-27)17-34-24(30)26-21-9-5-6-10-22(21)28(31)32/h2-10,18,20H,11-17H2,1H3,(H,25,29)(H,26,30). The minimum absolute atomic E-state index is 0.0662. The van der Waals surface area contributed by atoms with Crippen LogP contribution >= 0.6 is 0 Å². The van der Waals surface area contributed by atoms with Crippen LogP contribution in [0.2, 0.25) is 0 Å². The number of alkyl carbamates (subject to hydrolysis) is 1. The Morgan fingerprint density at radius 2 is 1.74 bits per heavy atom. The zero-order valence-electron chi connectivity index (χ0n) is 19.1. The average Bonchev–Trinajstić information content (AvgIpc) is 2.83. The van der Waals surface area contributed by atoms with Crippen molar-refractivity contribution in [3.05, 3.63) is 70.3 Å². The van der Waals surface area contributed by atoms with Crippen LogP contribution in [0.5, 0.6) is 0 Å². The number of nitro groups is 1. The Hall–Kier alpha value is -3.66. The van der Waals surface area contributed by atoms with Gasteiger partial charge in [0.2, 0.25) is 0 Å². The van der Waals surface area contributed by atoms with Gasteiger partial charge in [-0.3, -0.25) is 15.4 Å². The van der Waals surface area contributed by atoms with Crippen molar-refractivity contribution >= 4 is 23.6 Å². The molecule has 10 nitrogen and oxygen atoms in total. The van der Waals surface area contributed by atoms with Crippen LogP contribution in [-0.4, -0.2) is 54.3 Å². The van der Waals surface area contributed by atoms with Crippen molar-refractivity contribution in [1.82, 2.24) is 10.2 Å². The summed E-state index contributed by atoms with van der Waals surface area (Å²) in [6, 6.07) is 15.4. The molecule has 1 atom stereocenters. The molecule has 1 aliphatic heterocycles. The van der Waals surface area contributed by atoms with Gasteiger partial charge in [0, 0.05) is 18.7 Å². The molecule has 3 rings (SSSR count). The lowest BCUT2D eigenvalue weighted by molar-refractivity contribution is -0.383. The molecule has 1 saturated heterocycles. The van der Waals surface area contributed by atoms with Crippen LogP contribution in [0.3, 0.4) is 0 Å². The Balaban J connectivity index is 1.31. The van der Waals surface area contributed by atoms with Crippen molar-refractivity contribution < 1.29 is 24.0 Å². The first-order valence-corrected chi connectivity index (χ1v) is 11.3. The monoisotopic (exact) mass is 470 g/mol. The highest BCUT2D eigenvalue weighted by Gasteiger charge is 2.23. The molecule has 34 heavy (non-hydrogen) atoms. The van der Waals surface area contributed by atoms with E-state index in [2.05, 4.69) is 15.5 Å². The molecular weight excluding hydrogens is 440 g/mol. The second kappa shape index (κ2) is 12.5. The maximum absolute atomic E-state index is 12.1. The number of benzene rings is 2. The minimum atomic E-state index is -0.705. The molecule has 1 fully saturated rings. The third kappa shape index (κ3) is 8.04. The van der Waals surface area contributed by atoms with Crippen molar-refractivity contribution in [2.75, 3.05) is 31.6 Å². The molecule has 182 valence electrons. The molecule has 2 aromatic rings. The highest BCUT2D eigenvalue weighted by Crippen LogP contribution is 2.23. The van der Waals surface area contributed by atoms with Crippen molar-refractivity contribution in [3.8, 4) is 0 Å². The molecule has 0 radical (unpaired) electrons. The molecule has 10 heteroatoms. The predicted octanol–water partition coefficient (Wildman–Crippen LogP) is 4.17. The van der Waals surface area contributed by atoms with E-state index >= 15 is 0 Å². The molecule has 2 amide bonds. The van der Waals surface area contributed by atoms with Gasteiger partial charge in [-0.1, -0.05) is 42.5 Å². The fourth-order valence-corrected chi connectivity index (χ4v) is 3.81. The van der Waals surface area contributed by atoms with Crippen LogP contribution in [0.1, 0.15) is 25.3 Å². The molecule has 0 bridgehead atoms. The highest BCUT2D eigenvalue weighted by atomic mass is 16.6. The number of rotatable bonds is 9. The number of piperidine rings is 1. The number of nitrogens with one attached hydrogen (secondary N) is 2. The second-order valence-electron chi connectivity index (χ2n) is 8.35. The van der Waals surface area contributed by atoms with E-state index in [1.165, 1.54) is 18.2 Å². The van der Waals surface area contributed by atoms with Crippen molar-refractivity contribution in [1.29, 1.82) is 0 Å². The maximum atomic E-state index is 12.1. The lowest BCUT2D eigenvalue weighted by atomic mass is 9.97. The van der Waals surface area contributed by atoms with Gasteiger partial charge in [-0.2, -0.15) is 0 Å². The lowest BCUT2D eigenvalue weighted by Crippen LogP contribution is -2.45. The number of hydrogen-bond donors (Lipinski definition) is 2. The highest BCUT2D eigenvalue weighted by molar-refractivity contribution is 5.87. The number of likely N-dealkylation sites (tertiary alicyclic amines) is 1. The molecule has 0 saturated carbocycles. The smallest absolute Gasteiger partial charge is 0.411 e. The van der Waals surface area contributed by atoms with E-state index in [0.717, 1.165) is 31.5 Å². The van der Waals surface area contributed by atoms with Crippen LogP contribution in [0.25, 0.3) is 0 Å². The summed E-state index contributed by atoms with van der Waals surface area (Å²) < 4.78 is 10.5. The van der Waals surface area contributed by atoms with Crippen molar-refractivity contribution in [2.45, 2.75) is 32.4 Å². The molecule has 2 aromatic carbocycles. The predicted molar refractivity (Wildman–Crippen MR) is 126 cm³/mol. The van der Waals surface area contributed by atoms with Gasteiger partial charge in [-0.05, 0) is 50.4 Å². The zero-order valence-corrected chi connectivity index (χ0v) is 19.1. The zero-order chi connectivity index (χ0) is 24.3. The fourth-order valence-electron chi connectivity index (χ4n) is 3.81. The molecule has 2 N–H and O–H groups in total. The van der Waals surface area contributed by atoms with Gasteiger partial charge in [0.1, 0.15) is 12.3 Å². The summed E-state index contributed by atoms with van der Waals surface area (Å²) in [5.74, 6) is 0.215. The Morgan fingerprint density at radius 1 is 1.06 bits per heavy atom. The number of nitrogens with zero attached hydrogens (tertiary/aromatic N) is 2. The first kappa shape index (κ1) is 25.0. The van der Waals surface area contributed by atoms with Gasteiger partial charge >= 0.3 is 12.2 Å². The number of anilines is 1. The fraction of sp³-hybridized carbons (Fsp3) is 0.417. The molecular formula is C24H30N4O6. The Labute approximate surface area is 198 Å². The minimum Gasteiger partial charge on any atom is -0.449 e. The number of ether oxygens (including phenoxy) is 2. The summed E-state index contributed by atoms with van der Waals surface area (Å²) in [6.07, 6.45) is 0.557. The summed E-state index contributed by atoms with van der Waals surface area (Å²) in [4.78, 5) is 36.8. The van der Waals surface area contributed by atoms with Gasteiger partial charge in [0.05, 0.1) is 11.5 Å². The number of para-hydroxylation sites is 2. The van der Waals surface area contributed by atoms with E-state index < -0.39 is 17.1 Å². The Kier molecular flexibility index (Phi) is 9.21. The van der Waals surface area contributed by atoms with E-state index in [4.69, 9.17) is 9.47 Å². The summed E-state index contributed by atoms with van der Waals surface area (Å²) in [7, 11) is 0. The quantitative estimate of drug-likeness (QED) is 0.416. The summed E-state index contributed by atoms with van der Waals surface area (Å²) in [5.41, 5.74) is 0.862. The van der Waals surface area contributed by atoms with Crippen LogP contribution in [0, 0.1) is 16.0 Å². The van der Waals surface area contributed by atoms with Gasteiger partial charge in [0.15, 0.2) is 0 Å². The number of carbonyl (C=O) groups excluding carboxylic acids is 2. The van der Waals surface area contributed by atoms with Crippen molar-refractivity contribution in [2.24, 2.45) is 5.92 Å². The van der Waals surface area contributed by atoms with Gasteiger partial charge in [-0.25, -0.2) is 9.59 Å². The van der Waals surface area contributed by atoms with Crippen molar-refractivity contribution in [3.63, 3.8) is 0 Å². The maximum Gasteiger partial charge on any atom is 0.411 e. The van der Waals surface area contributed by atoms with E-state index in [1.54, 1.807) is 6.07 Å². The Bertz CT molecular complexity index is 963. The third-order valence-corrected chi connectivity index (χ3v) is 5.60. The molecule has 1 heterocycles. The first-order valence-electron chi connectivity index (χ1n) is 11.3. The van der Waals surface area contributed by atoms with E-state index in [0.29, 0.717) is 6.54 Å². The van der Waals surface area contributed by atoms with E-state index in [9.17, 15) is 19.7 Å². The molecule has 1 aliphatic rings. The SMILES string of the molecule is CC(CN1CCC(COC(=O)Nc2ccccc2[N+](=O)[O-])CC1)NC(=O)OCc1ccccc1. The van der Waals surface area contributed by atoms with E-state index in [-0.39, 0.29) is 36.5 Å². The lowest BCUT2D eigenvalue weighted by Gasteiger charge is -2.33. The molecule has 0 spiro atoms. The molecule has 0 aromatic heterocycles. The summed E-state index contributed by atoms with van der Waals surface area (Å²) >= 11 is 0. The number of nitro benzene ring substituents is 1. The largest absolute Gasteiger partial charge is 0.449 e.